The fourth-order valence-corrected chi connectivity index (χ4v) is 1.64. The van der Waals surface area contributed by atoms with Crippen LogP contribution in [0.5, 0.6) is 0 Å². The molecule has 1 atom stereocenters. The van der Waals surface area contributed by atoms with E-state index in [0.717, 1.165) is 12.8 Å². The van der Waals surface area contributed by atoms with Gasteiger partial charge in [0.1, 0.15) is 5.82 Å². The third kappa shape index (κ3) is 1.99. The molecule has 4 heteroatoms. The van der Waals surface area contributed by atoms with Crippen LogP contribution in [0.25, 0.3) is 0 Å². The van der Waals surface area contributed by atoms with Crippen LogP contribution in [0.2, 0.25) is 0 Å². The number of rotatable bonds is 3. The first-order valence-electron chi connectivity index (χ1n) is 4.88. The first-order valence-corrected chi connectivity index (χ1v) is 4.88. The average Bonchev–Trinajstić information content (AvgIpc) is 3.00. The molecule has 0 aromatic heterocycles. The summed E-state index contributed by atoms with van der Waals surface area (Å²) in [5, 5.41) is 8.77. The molecule has 15 heavy (non-hydrogen) atoms. The molecule has 2 rings (SSSR count). The van der Waals surface area contributed by atoms with E-state index in [0.29, 0.717) is 11.5 Å². The second kappa shape index (κ2) is 3.62. The van der Waals surface area contributed by atoms with E-state index in [9.17, 15) is 9.18 Å². The van der Waals surface area contributed by atoms with Crippen molar-refractivity contribution in [2.75, 3.05) is 0 Å². The molecule has 0 saturated heterocycles. The molecule has 0 bridgehead atoms. The summed E-state index contributed by atoms with van der Waals surface area (Å²) >= 11 is 0. The first kappa shape index (κ1) is 10.1. The highest BCUT2D eigenvalue weighted by Gasteiger charge is 2.31. The largest absolute Gasteiger partial charge is 0.478 e. The molecule has 0 heterocycles. The lowest BCUT2D eigenvalue weighted by Gasteiger charge is -2.12. The molecule has 0 aliphatic heterocycles. The van der Waals surface area contributed by atoms with Crippen LogP contribution in [0.15, 0.2) is 18.2 Å². The van der Waals surface area contributed by atoms with Crippen LogP contribution >= 0.6 is 0 Å². The van der Waals surface area contributed by atoms with Crippen molar-refractivity contribution in [1.29, 1.82) is 0 Å². The first-order chi connectivity index (χ1) is 7.09. The summed E-state index contributed by atoms with van der Waals surface area (Å²) in [4.78, 5) is 10.7. The minimum atomic E-state index is -1.06. The standard InChI is InChI=1S/C11H12FNO2/c12-9-4-3-7(11(14)15)5-8(9)10(13)6-1-2-6/h3-6,10H,1-2,13H2,(H,14,15)/t10-/m0/s1. The van der Waals surface area contributed by atoms with E-state index in [2.05, 4.69) is 0 Å². The Hall–Kier alpha value is -1.42. The van der Waals surface area contributed by atoms with E-state index < -0.39 is 11.8 Å². The number of nitrogens with two attached hydrogens (primary N) is 1. The van der Waals surface area contributed by atoms with Crippen molar-refractivity contribution < 1.29 is 14.3 Å². The highest BCUT2D eigenvalue weighted by molar-refractivity contribution is 5.87. The maximum Gasteiger partial charge on any atom is 0.335 e. The number of carbonyl (C=O) groups is 1. The molecular weight excluding hydrogens is 197 g/mol. The third-order valence-electron chi connectivity index (χ3n) is 2.73. The van der Waals surface area contributed by atoms with Crippen molar-refractivity contribution in [1.82, 2.24) is 0 Å². The van der Waals surface area contributed by atoms with Crippen LogP contribution in [0, 0.1) is 11.7 Å². The lowest BCUT2D eigenvalue weighted by molar-refractivity contribution is 0.0696. The van der Waals surface area contributed by atoms with E-state index in [1.54, 1.807) is 0 Å². The van der Waals surface area contributed by atoms with E-state index in [4.69, 9.17) is 10.8 Å². The fourth-order valence-electron chi connectivity index (χ4n) is 1.64. The van der Waals surface area contributed by atoms with Crippen LogP contribution in [0.1, 0.15) is 34.8 Å². The molecule has 1 aromatic carbocycles. The number of aromatic carboxylic acids is 1. The lowest BCUT2D eigenvalue weighted by atomic mass is 10.0. The summed E-state index contributed by atoms with van der Waals surface area (Å²) in [5.41, 5.74) is 6.24. The molecule has 1 fully saturated rings. The highest BCUT2D eigenvalue weighted by Crippen LogP contribution is 2.40. The van der Waals surface area contributed by atoms with Crippen LogP contribution in [-0.2, 0) is 0 Å². The Morgan fingerprint density at radius 1 is 1.53 bits per heavy atom. The summed E-state index contributed by atoms with van der Waals surface area (Å²) in [5.74, 6) is -1.16. The van der Waals surface area contributed by atoms with Gasteiger partial charge in [0.2, 0.25) is 0 Å². The van der Waals surface area contributed by atoms with E-state index in [1.807, 2.05) is 0 Å². The molecule has 0 unspecified atom stereocenters. The fraction of sp³-hybridized carbons (Fsp3) is 0.364. The predicted molar refractivity (Wildman–Crippen MR) is 53.0 cm³/mol. The minimum absolute atomic E-state index is 0.0856. The van der Waals surface area contributed by atoms with Crippen LogP contribution in [-0.4, -0.2) is 11.1 Å². The van der Waals surface area contributed by atoms with Crippen molar-refractivity contribution in [3.63, 3.8) is 0 Å². The van der Waals surface area contributed by atoms with E-state index >= 15 is 0 Å². The SMILES string of the molecule is N[C@H](c1cc(C(=O)O)ccc1F)C1CC1. The number of hydrogen-bond acceptors (Lipinski definition) is 2. The van der Waals surface area contributed by atoms with Crippen molar-refractivity contribution in [2.45, 2.75) is 18.9 Å². The predicted octanol–water partition coefficient (Wildman–Crippen LogP) is 1.93. The Balaban J connectivity index is 2.35. The van der Waals surface area contributed by atoms with Gasteiger partial charge in [-0.05, 0) is 37.0 Å². The maximum absolute atomic E-state index is 13.4. The minimum Gasteiger partial charge on any atom is -0.478 e. The molecule has 3 nitrogen and oxygen atoms in total. The Bertz CT molecular complexity index is 402. The van der Waals surface area contributed by atoms with Gasteiger partial charge in [-0.15, -0.1) is 0 Å². The van der Waals surface area contributed by atoms with Crippen LogP contribution in [0.4, 0.5) is 4.39 Å². The average molecular weight is 209 g/mol. The van der Waals surface area contributed by atoms with Gasteiger partial charge in [0.05, 0.1) is 5.56 Å². The quantitative estimate of drug-likeness (QED) is 0.799. The number of halogens is 1. The zero-order chi connectivity index (χ0) is 11.0. The Morgan fingerprint density at radius 2 is 2.20 bits per heavy atom. The molecular formula is C11H12FNO2. The van der Waals surface area contributed by atoms with Gasteiger partial charge >= 0.3 is 5.97 Å². The van der Waals surface area contributed by atoms with Gasteiger partial charge in [-0.2, -0.15) is 0 Å². The summed E-state index contributed by atoms with van der Waals surface area (Å²) in [7, 11) is 0. The van der Waals surface area contributed by atoms with Crippen LogP contribution < -0.4 is 5.73 Å². The molecule has 1 aliphatic carbocycles. The van der Waals surface area contributed by atoms with Gasteiger partial charge in [-0.3, -0.25) is 0 Å². The Morgan fingerprint density at radius 3 is 2.73 bits per heavy atom. The van der Waals surface area contributed by atoms with Crippen molar-refractivity contribution in [3.8, 4) is 0 Å². The number of carboxylic acid groups (broad SMARTS) is 1. The molecule has 1 saturated carbocycles. The molecule has 1 aromatic rings. The molecule has 1 aliphatic rings. The van der Waals surface area contributed by atoms with E-state index in [-0.39, 0.29) is 11.6 Å². The van der Waals surface area contributed by atoms with Gasteiger partial charge in [-0.25, -0.2) is 9.18 Å². The summed E-state index contributed by atoms with van der Waals surface area (Å²) in [6, 6.07) is 3.38. The number of carboxylic acids is 1. The lowest BCUT2D eigenvalue weighted by Crippen LogP contribution is -2.15. The second-order valence-corrected chi connectivity index (χ2v) is 3.90. The summed E-state index contributed by atoms with van der Waals surface area (Å²) in [6.07, 6.45) is 2.00. The smallest absolute Gasteiger partial charge is 0.335 e. The molecule has 80 valence electrons. The van der Waals surface area contributed by atoms with Gasteiger partial charge in [0.15, 0.2) is 0 Å². The number of benzene rings is 1. The van der Waals surface area contributed by atoms with Crippen molar-refractivity contribution >= 4 is 5.97 Å². The maximum atomic E-state index is 13.4. The summed E-state index contributed by atoms with van der Waals surface area (Å²) in [6.45, 7) is 0. The topological polar surface area (TPSA) is 63.3 Å². The monoisotopic (exact) mass is 209 g/mol. The van der Waals surface area contributed by atoms with Gasteiger partial charge < -0.3 is 10.8 Å². The molecule has 0 spiro atoms. The van der Waals surface area contributed by atoms with Gasteiger partial charge in [0.25, 0.3) is 0 Å². The van der Waals surface area contributed by atoms with Crippen molar-refractivity contribution in [2.24, 2.45) is 11.7 Å². The normalized spacial score (nSPS) is 17.5. The molecule has 3 N–H and O–H groups in total. The van der Waals surface area contributed by atoms with E-state index in [1.165, 1.54) is 18.2 Å². The molecule has 0 radical (unpaired) electrons. The Labute approximate surface area is 86.7 Å². The van der Waals surface area contributed by atoms with Crippen molar-refractivity contribution in [3.05, 3.63) is 35.1 Å². The van der Waals surface area contributed by atoms with Gasteiger partial charge in [0, 0.05) is 11.6 Å². The van der Waals surface area contributed by atoms with Gasteiger partial charge in [-0.1, -0.05) is 0 Å². The summed E-state index contributed by atoms with van der Waals surface area (Å²) < 4.78 is 13.4. The van der Waals surface area contributed by atoms with Crippen LogP contribution in [0.3, 0.4) is 0 Å². The molecule has 0 amide bonds. The third-order valence-corrected chi connectivity index (χ3v) is 2.73. The number of hydrogen-bond donors (Lipinski definition) is 2. The highest BCUT2D eigenvalue weighted by atomic mass is 19.1. The Kier molecular flexibility index (Phi) is 2.44. The zero-order valence-electron chi connectivity index (χ0n) is 8.11. The zero-order valence-corrected chi connectivity index (χ0v) is 8.11. The second-order valence-electron chi connectivity index (χ2n) is 3.90.